The Balaban J connectivity index is 0.989. The number of nitrogens with zero attached hydrogens (tertiary/aromatic N) is 1. The van der Waals surface area contributed by atoms with E-state index in [2.05, 4.69) is 272 Å². The number of anilines is 3. The van der Waals surface area contributed by atoms with Crippen molar-refractivity contribution in [2.75, 3.05) is 4.90 Å². The van der Waals surface area contributed by atoms with Gasteiger partial charge in [-0.1, -0.05) is 237 Å². The SMILES string of the molecule is c1ccc(-c2ccc(-c3ccc(N(c4cccc(-c5cccc6c5-c5ccccc5C6(c5ccccc5)c5ccccc5)c4)c4ccccc4-c4cccc5c4oc4ccccc45)cc3)cc2)cc1. The summed E-state index contributed by atoms with van der Waals surface area (Å²) in [6.07, 6.45) is 0. The number of benzene rings is 11. The Labute approximate surface area is 402 Å². The molecule has 2 nitrogen and oxygen atoms in total. The predicted octanol–water partition coefficient (Wildman–Crippen LogP) is 18.1. The van der Waals surface area contributed by atoms with Crippen LogP contribution in [0.1, 0.15) is 22.3 Å². The highest BCUT2D eigenvalue weighted by molar-refractivity contribution is 6.11. The third kappa shape index (κ3) is 6.64. The third-order valence-corrected chi connectivity index (χ3v) is 14.2. The summed E-state index contributed by atoms with van der Waals surface area (Å²) in [7, 11) is 0. The van der Waals surface area contributed by atoms with Crippen molar-refractivity contribution in [3.8, 4) is 55.6 Å². The summed E-state index contributed by atoms with van der Waals surface area (Å²) in [6, 6.07) is 99.1. The van der Waals surface area contributed by atoms with E-state index in [1.807, 2.05) is 6.07 Å². The van der Waals surface area contributed by atoms with Crippen molar-refractivity contribution in [3.63, 3.8) is 0 Å². The van der Waals surface area contributed by atoms with Gasteiger partial charge in [-0.25, -0.2) is 0 Å². The molecule has 0 radical (unpaired) electrons. The normalized spacial score (nSPS) is 12.5. The van der Waals surface area contributed by atoms with Gasteiger partial charge in [0, 0.05) is 33.3 Å². The number of fused-ring (bicyclic) bond motifs is 6. The van der Waals surface area contributed by atoms with E-state index in [0.29, 0.717) is 0 Å². The first kappa shape index (κ1) is 40.3. The molecule has 1 aliphatic carbocycles. The van der Waals surface area contributed by atoms with E-state index >= 15 is 0 Å². The molecule has 0 saturated carbocycles. The topological polar surface area (TPSA) is 16.4 Å². The highest BCUT2D eigenvalue weighted by Gasteiger charge is 2.46. The van der Waals surface area contributed by atoms with Crippen LogP contribution in [0.5, 0.6) is 0 Å². The largest absolute Gasteiger partial charge is 0.455 e. The van der Waals surface area contributed by atoms with Gasteiger partial charge < -0.3 is 9.32 Å². The minimum atomic E-state index is -0.492. The number of rotatable bonds is 9. The zero-order chi connectivity index (χ0) is 45.7. The molecule has 0 aliphatic heterocycles. The first-order valence-electron chi connectivity index (χ1n) is 23.7. The molecule has 1 aliphatic rings. The summed E-state index contributed by atoms with van der Waals surface area (Å²) >= 11 is 0. The van der Waals surface area contributed by atoms with Gasteiger partial charge >= 0.3 is 0 Å². The number of para-hydroxylation sites is 3. The summed E-state index contributed by atoms with van der Waals surface area (Å²) < 4.78 is 6.70. The highest BCUT2D eigenvalue weighted by Crippen LogP contribution is 2.58. The van der Waals surface area contributed by atoms with Crippen LogP contribution >= 0.6 is 0 Å². The second-order valence-corrected chi connectivity index (χ2v) is 17.9. The molecule has 11 aromatic carbocycles. The zero-order valence-corrected chi connectivity index (χ0v) is 37.8. The van der Waals surface area contributed by atoms with Gasteiger partial charge in [-0.15, -0.1) is 0 Å². The molecule has 0 N–H and O–H groups in total. The number of furan rings is 1. The molecule has 0 fully saturated rings. The third-order valence-electron chi connectivity index (χ3n) is 14.2. The van der Waals surface area contributed by atoms with Gasteiger partial charge in [-0.2, -0.15) is 0 Å². The van der Waals surface area contributed by atoms with E-state index in [1.54, 1.807) is 0 Å². The Hall–Kier alpha value is -8.98. The van der Waals surface area contributed by atoms with Crippen molar-refractivity contribution < 1.29 is 4.42 Å². The van der Waals surface area contributed by atoms with Gasteiger partial charge in [0.15, 0.2) is 0 Å². The molecular weight excluding hydrogens is 835 g/mol. The summed E-state index contributed by atoms with van der Waals surface area (Å²) in [4.78, 5) is 2.41. The van der Waals surface area contributed by atoms with E-state index in [9.17, 15) is 0 Å². The predicted molar refractivity (Wildman–Crippen MR) is 287 cm³/mol. The van der Waals surface area contributed by atoms with Gasteiger partial charge in [0.25, 0.3) is 0 Å². The molecule has 0 unspecified atom stereocenters. The van der Waals surface area contributed by atoms with Gasteiger partial charge in [-0.05, 0) is 103 Å². The minimum Gasteiger partial charge on any atom is -0.455 e. The van der Waals surface area contributed by atoms with Crippen LogP contribution in [-0.2, 0) is 5.41 Å². The van der Waals surface area contributed by atoms with Crippen LogP contribution in [0, 0.1) is 0 Å². The maximum atomic E-state index is 6.70. The lowest BCUT2D eigenvalue weighted by molar-refractivity contribution is 0.670. The van der Waals surface area contributed by atoms with Crippen LogP contribution in [0.25, 0.3) is 77.6 Å². The molecule has 0 amide bonds. The monoisotopic (exact) mass is 879 g/mol. The molecule has 2 heteroatoms. The van der Waals surface area contributed by atoms with E-state index in [1.165, 1.54) is 55.6 Å². The maximum absolute atomic E-state index is 6.70. The van der Waals surface area contributed by atoms with Gasteiger partial charge in [0.1, 0.15) is 11.2 Å². The lowest BCUT2D eigenvalue weighted by atomic mass is 9.67. The molecule has 1 heterocycles. The van der Waals surface area contributed by atoms with E-state index in [-0.39, 0.29) is 0 Å². The second kappa shape index (κ2) is 16.7. The molecule has 0 atom stereocenters. The van der Waals surface area contributed by atoms with Crippen molar-refractivity contribution in [2.24, 2.45) is 0 Å². The first-order chi connectivity index (χ1) is 34.2. The van der Waals surface area contributed by atoms with Crippen LogP contribution in [0.3, 0.4) is 0 Å². The Morgan fingerprint density at radius 2 is 0.797 bits per heavy atom. The lowest BCUT2D eigenvalue weighted by Crippen LogP contribution is -2.28. The molecule has 1 aromatic heterocycles. The van der Waals surface area contributed by atoms with Crippen LogP contribution in [0.4, 0.5) is 17.1 Å². The zero-order valence-electron chi connectivity index (χ0n) is 37.8. The first-order valence-corrected chi connectivity index (χ1v) is 23.7. The number of hydrogen-bond acceptors (Lipinski definition) is 2. The molecule has 69 heavy (non-hydrogen) atoms. The van der Waals surface area contributed by atoms with Crippen LogP contribution in [0.2, 0.25) is 0 Å². The molecule has 12 aromatic rings. The molecular formula is C67H45NO. The van der Waals surface area contributed by atoms with Gasteiger partial charge in [0.2, 0.25) is 0 Å². The minimum absolute atomic E-state index is 0.492. The van der Waals surface area contributed by atoms with E-state index in [0.717, 1.165) is 61.3 Å². The Morgan fingerprint density at radius 1 is 0.304 bits per heavy atom. The van der Waals surface area contributed by atoms with Gasteiger partial charge in [0.05, 0.1) is 11.1 Å². The molecule has 0 saturated heterocycles. The van der Waals surface area contributed by atoms with Crippen molar-refractivity contribution in [2.45, 2.75) is 5.41 Å². The van der Waals surface area contributed by atoms with Gasteiger partial charge in [-0.3, -0.25) is 0 Å². The van der Waals surface area contributed by atoms with Crippen molar-refractivity contribution in [1.82, 2.24) is 0 Å². The average molecular weight is 880 g/mol. The summed E-state index contributed by atoms with van der Waals surface area (Å²) in [5.41, 5.74) is 21.3. The lowest BCUT2D eigenvalue weighted by Gasteiger charge is -2.34. The fourth-order valence-corrected chi connectivity index (χ4v) is 11.1. The quantitative estimate of drug-likeness (QED) is 0.144. The van der Waals surface area contributed by atoms with Crippen LogP contribution in [0.15, 0.2) is 277 Å². The summed E-state index contributed by atoms with van der Waals surface area (Å²) in [5.74, 6) is 0. The van der Waals surface area contributed by atoms with Crippen LogP contribution < -0.4 is 4.90 Å². The fourth-order valence-electron chi connectivity index (χ4n) is 11.1. The summed E-state index contributed by atoms with van der Waals surface area (Å²) in [6.45, 7) is 0. The molecule has 13 rings (SSSR count). The standard InChI is InChI=1S/C67H45NO/c1-4-19-46(20-5-1)47-37-39-48(40-38-47)49-41-43-53(44-42-49)68(63-35-14-11-27-56(63)58-31-17-32-59-57-28-12-15-36-64(57)69-66(58)59)54-26-16-21-50(45-54)55-30-18-34-62-65(55)60-29-10-13-33-61(60)67(62,51-22-6-2-7-23-51)52-24-8-3-9-25-52/h1-45H. The maximum Gasteiger partial charge on any atom is 0.143 e. The van der Waals surface area contributed by atoms with E-state index < -0.39 is 5.41 Å². The van der Waals surface area contributed by atoms with Crippen molar-refractivity contribution in [3.05, 3.63) is 295 Å². The second-order valence-electron chi connectivity index (χ2n) is 17.9. The smallest absolute Gasteiger partial charge is 0.143 e. The Bertz CT molecular complexity index is 3780. The Kier molecular flexibility index (Phi) is 9.77. The number of hydrogen-bond donors (Lipinski definition) is 0. The summed E-state index contributed by atoms with van der Waals surface area (Å²) in [5, 5.41) is 2.22. The Morgan fingerprint density at radius 3 is 1.52 bits per heavy atom. The molecule has 0 bridgehead atoms. The average Bonchev–Trinajstić information content (AvgIpc) is 3.97. The van der Waals surface area contributed by atoms with E-state index in [4.69, 9.17) is 4.42 Å². The van der Waals surface area contributed by atoms with Crippen molar-refractivity contribution >= 4 is 39.0 Å². The molecule has 0 spiro atoms. The van der Waals surface area contributed by atoms with Crippen LogP contribution in [-0.4, -0.2) is 0 Å². The molecule has 324 valence electrons. The highest BCUT2D eigenvalue weighted by atomic mass is 16.3. The fraction of sp³-hybridized carbons (Fsp3) is 0.0149. The van der Waals surface area contributed by atoms with Crippen molar-refractivity contribution in [1.29, 1.82) is 0 Å².